The Balaban J connectivity index is 2.49. The molecule has 5 heteroatoms. The molecule has 2 aromatic carbocycles. The largest absolute Gasteiger partial charge is 0.207 e. The first-order valence-electron chi connectivity index (χ1n) is 5.44. The van der Waals surface area contributed by atoms with Crippen LogP contribution in [-0.4, -0.2) is 0 Å². The first-order chi connectivity index (χ1) is 8.90. The van der Waals surface area contributed by atoms with Gasteiger partial charge in [-0.1, -0.05) is 39.7 Å². The van der Waals surface area contributed by atoms with Gasteiger partial charge in [-0.2, -0.15) is 0 Å². The maximum Gasteiger partial charge on any atom is 0.127 e. The molecule has 0 nitrogen and oxygen atoms in total. The van der Waals surface area contributed by atoms with Gasteiger partial charge in [0.15, 0.2) is 0 Å². The molecule has 0 aliphatic heterocycles. The Labute approximate surface area is 137 Å². The highest BCUT2D eigenvalue weighted by Gasteiger charge is 2.18. The van der Waals surface area contributed by atoms with E-state index in [2.05, 4.69) is 38.5 Å². The predicted molar refractivity (Wildman–Crippen MR) is 86.0 cm³/mol. The molecule has 1 unspecified atom stereocenters. The SMILES string of the molecule is Cc1cc(C(Br)c2ccc(F)cc2I)c(Cl)cc1F. The van der Waals surface area contributed by atoms with Crippen molar-refractivity contribution in [2.24, 2.45) is 0 Å². The quantitative estimate of drug-likeness (QED) is 0.382. The average molecular weight is 457 g/mol. The van der Waals surface area contributed by atoms with Crippen LogP contribution in [0.4, 0.5) is 8.78 Å². The summed E-state index contributed by atoms with van der Waals surface area (Å²) in [5.41, 5.74) is 2.20. The number of hydrogen-bond acceptors (Lipinski definition) is 0. The molecule has 0 spiro atoms. The van der Waals surface area contributed by atoms with Gasteiger partial charge < -0.3 is 0 Å². The third-order valence-electron chi connectivity index (χ3n) is 2.79. The van der Waals surface area contributed by atoms with Crippen LogP contribution in [0.1, 0.15) is 21.5 Å². The molecule has 0 saturated heterocycles. The molecule has 0 bridgehead atoms. The summed E-state index contributed by atoms with van der Waals surface area (Å²) in [6.07, 6.45) is 0. The number of aryl methyl sites for hydroxylation is 1. The van der Waals surface area contributed by atoms with Crippen molar-refractivity contribution in [2.45, 2.75) is 11.8 Å². The maximum atomic E-state index is 13.4. The fraction of sp³-hybridized carbons (Fsp3) is 0.143. The Kier molecular flexibility index (Phi) is 4.84. The van der Waals surface area contributed by atoms with Gasteiger partial charge in [-0.3, -0.25) is 0 Å². The molecule has 0 N–H and O–H groups in total. The second-order valence-corrected chi connectivity index (χ2v) is 6.64. The molecule has 0 aliphatic carbocycles. The van der Waals surface area contributed by atoms with Gasteiger partial charge in [-0.05, 0) is 64.4 Å². The van der Waals surface area contributed by atoms with Crippen molar-refractivity contribution in [2.75, 3.05) is 0 Å². The highest BCUT2D eigenvalue weighted by atomic mass is 127. The Bertz CT molecular complexity index is 631. The van der Waals surface area contributed by atoms with E-state index in [0.29, 0.717) is 10.6 Å². The molecule has 0 aromatic heterocycles. The first kappa shape index (κ1) is 15.2. The summed E-state index contributed by atoms with van der Waals surface area (Å²) in [6.45, 7) is 1.69. The molecular weight excluding hydrogens is 448 g/mol. The van der Waals surface area contributed by atoms with Crippen molar-refractivity contribution in [1.29, 1.82) is 0 Å². The van der Waals surface area contributed by atoms with Gasteiger partial charge in [0.05, 0.1) is 4.83 Å². The molecule has 100 valence electrons. The molecule has 0 heterocycles. The standard InChI is InChI=1S/C14H9BrClF2I/c1-7-4-10(11(16)6-12(7)18)14(15)9-3-2-8(17)5-13(9)19/h2-6,14H,1H3. The summed E-state index contributed by atoms with van der Waals surface area (Å²) in [7, 11) is 0. The minimum absolute atomic E-state index is 0.202. The van der Waals surface area contributed by atoms with E-state index < -0.39 is 0 Å². The maximum absolute atomic E-state index is 13.4. The lowest BCUT2D eigenvalue weighted by Gasteiger charge is -2.15. The van der Waals surface area contributed by atoms with Gasteiger partial charge >= 0.3 is 0 Å². The van der Waals surface area contributed by atoms with Gasteiger partial charge in [-0.15, -0.1) is 0 Å². The van der Waals surface area contributed by atoms with Crippen molar-refractivity contribution in [3.63, 3.8) is 0 Å². The van der Waals surface area contributed by atoms with E-state index in [9.17, 15) is 8.78 Å². The highest BCUT2D eigenvalue weighted by Crippen LogP contribution is 2.38. The highest BCUT2D eigenvalue weighted by molar-refractivity contribution is 14.1. The molecule has 0 radical (unpaired) electrons. The summed E-state index contributed by atoms with van der Waals surface area (Å²) in [5.74, 6) is -0.614. The Hall–Kier alpha value is -0.200. The van der Waals surface area contributed by atoms with E-state index in [4.69, 9.17) is 11.6 Å². The van der Waals surface area contributed by atoms with Crippen LogP contribution in [0.3, 0.4) is 0 Å². The number of benzene rings is 2. The van der Waals surface area contributed by atoms with Crippen LogP contribution in [0.25, 0.3) is 0 Å². The van der Waals surface area contributed by atoms with Crippen molar-refractivity contribution in [1.82, 2.24) is 0 Å². The molecule has 0 saturated carbocycles. The topological polar surface area (TPSA) is 0 Å². The van der Waals surface area contributed by atoms with Gasteiger partial charge in [0.25, 0.3) is 0 Å². The molecule has 19 heavy (non-hydrogen) atoms. The number of halogens is 5. The molecule has 0 fully saturated rings. The summed E-state index contributed by atoms with van der Waals surface area (Å²) in [4.78, 5) is -0.202. The summed E-state index contributed by atoms with van der Waals surface area (Å²) >= 11 is 11.7. The molecule has 1 atom stereocenters. The Morgan fingerprint density at radius 2 is 1.84 bits per heavy atom. The fourth-order valence-corrected chi connectivity index (χ4v) is 4.13. The smallest absolute Gasteiger partial charge is 0.127 e. The normalized spacial score (nSPS) is 12.5. The second kappa shape index (κ2) is 6.06. The zero-order valence-electron chi connectivity index (χ0n) is 9.85. The lowest BCUT2D eigenvalue weighted by Crippen LogP contribution is -1.99. The molecule has 2 aromatic rings. The molecular formula is C14H9BrClF2I. The second-order valence-electron chi connectivity index (χ2n) is 4.15. The minimum atomic E-state index is -0.331. The number of rotatable bonds is 2. The molecule has 0 amide bonds. The number of alkyl halides is 1. The van der Waals surface area contributed by atoms with Crippen LogP contribution >= 0.6 is 50.1 Å². The molecule has 2 rings (SSSR count). The number of hydrogen-bond donors (Lipinski definition) is 0. The van der Waals surface area contributed by atoms with Crippen molar-refractivity contribution in [3.05, 3.63) is 67.2 Å². The summed E-state index contributed by atoms with van der Waals surface area (Å²) in [6, 6.07) is 7.56. The van der Waals surface area contributed by atoms with E-state index in [1.807, 2.05) is 0 Å². The lowest BCUT2D eigenvalue weighted by molar-refractivity contribution is 0.618. The van der Waals surface area contributed by atoms with Crippen molar-refractivity contribution >= 4 is 50.1 Å². The van der Waals surface area contributed by atoms with E-state index >= 15 is 0 Å². The van der Waals surface area contributed by atoms with Crippen LogP contribution in [0.15, 0.2) is 30.3 Å². The van der Waals surface area contributed by atoms with Gasteiger partial charge in [0, 0.05) is 8.59 Å². The molecule has 0 aliphatic rings. The monoisotopic (exact) mass is 456 g/mol. The predicted octanol–water partition coefficient (Wildman–Crippen LogP) is 6.02. The van der Waals surface area contributed by atoms with Crippen molar-refractivity contribution < 1.29 is 8.78 Å². The van der Waals surface area contributed by atoms with Crippen molar-refractivity contribution in [3.8, 4) is 0 Å². The van der Waals surface area contributed by atoms with Crippen LogP contribution < -0.4 is 0 Å². The Morgan fingerprint density at radius 3 is 2.47 bits per heavy atom. The third-order valence-corrected chi connectivity index (χ3v) is 5.03. The van der Waals surface area contributed by atoms with Crippen LogP contribution in [-0.2, 0) is 0 Å². The van der Waals surface area contributed by atoms with Crippen LogP contribution in [0, 0.1) is 22.1 Å². The fourth-order valence-electron chi connectivity index (χ4n) is 1.75. The minimum Gasteiger partial charge on any atom is -0.207 e. The van der Waals surface area contributed by atoms with Gasteiger partial charge in [0.1, 0.15) is 11.6 Å². The van der Waals surface area contributed by atoms with E-state index in [1.165, 1.54) is 18.2 Å². The van der Waals surface area contributed by atoms with Gasteiger partial charge in [-0.25, -0.2) is 8.78 Å². The van der Waals surface area contributed by atoms with Crippen LogP contribution in [0.5, 0.6) is 0 Å². The van der Waals surface area contributed by atoms with Crippen LogP contribution in [0.2, 0.25) is 5.02 Å². The summed E-state index contributed by atoms with van der Waals surface area (Å²) in [5, 5.41) is 0.352. The first-order valence-corrected chi connectivity index (χ1v) is 7.82. The zero-order chi connectivity index (χ0) is 14.2. The average Bonchev–Trinajstić information content (AvgIpc) is 2.33. The summed E-state index contributed by atoms with van der Waals surface area (Å²) < 4.78 is 27.3. The van der Waals surface area contributed by atoms with E-state index in [0.717, 1.165) is 14.7 Å². The zero-order valence-corrected chi connectivity index (χ0v) is 14.4. The van der Waals surface area contributed by atoms with E-state index in [1.54, 1.807) is 19.1 Å². The Morgan fingerprint density at radius 1 is 1.16 bits per heavy atom. The van der Waals surface area contributed by atoms with E-state index in [-0.39, 0.29) is 16.5 Å². The lowest BCUT2D eigenvalue weighted by atomic mass is 10.0. The van der Waals surface area contributed by atoms with Gasteiger partial charge in [0.2, 0.25) is 0 Å². The third kappa shape index (κ3) is 3.28.